The molecule has 0 aliphatic carbocycles. The lowest BCUT2D eigenvalue weighted by Crippen LogP contribution is -2.46. The molecule has 4 rings (SSSR count). The third-order valence-corrected chi connectivity index (χ3v) is 7.34. The maximum absolute atomic E-state index is 6.74. The number of piperidine rings is 1. The van der Waals surface area contributed by atoms with Crippen LogP contribution >= 0.6 is 0 Å². The minimum absolute atomic E-state index is 0.0322. The molecule has 2 aromatic carbocycles. The van der Waals surface area contributed by atoms with E-state index in [4.69, 9.17) is 36.0 Å². The summed E-state index contributed by atoms with van der Waals surface area (Å²) in [4.78, 5) is 7.30. The maximum Gasteiger partial charge on any atom is 0.165 e. The molecule has 2 aliphatic heterocycles. The highest BCUT2D eigenvalue weighted by Crippen LogP contribution is 2.48. The van der Waals surface area contributed by atoms with Crippen molar-refractivity contribution < 1.29 is 14.2 Å². The summed E-state index contributed by atoms with van der Waals surface area (Å²) in [5, 5.41) is 0. The van der Waals surface area contributed by atoms with Gasteiger partial charge in [-0.25, -0.2) is 11.1 Å². The summed E-state index contributed by atoms with van der Waals surface area (Å²) in [6.07, 6.45) is 4.16. The van der Waals surface area contributed by atoms with E-state index >= 15 is 0 Å². The molecule has 2 saturated heterocycles. The van der Waals surface area contributed by atoms with Gasteiger partial charge in [-0.2, -0.15) is 0 Å². The van der Waals surface area contributed by atoms with Gasteiger partial charge in [-0.05, 0) is 69.7 Å². The zero-order valence-corrected chi connectivity index (χ0v) is 22.0. The Bertz CT molecular complexity index is 1000. The molecule has 0 amide bonds. The van der Waals surface area contributed by atoms with Crippen molar-refractivity contribution in [2.75, 3.05) is 40.5 Å². The number of aliphatic imine (C=N–C) groups is 1. The van der Waals surface area contributed by atoms with Gasteiger partial charge in [0.1, 0.15) is 5.84 Å². The second-order valence-electron chi connectivity index (χ2n) is 10.3. The Balaban J connectivity index is 0.00000176. The van der Waals surface area contributed by atoms with Crippen molar-refractivity contribution in [3.8, 4) is 11.5 Å². The Kier molecular flexibility index (Phi) is 9.45. The van der Waals surface area contributed by atoms with Crippen molar-refractivity contribution in [3.05, 3.63) is 59.7 Å². The highest BCUT2D eigenvalue weighted by atomic mass is 16.5. The van der Waals surface area contributed by atoms with Gasteiger partial charge in [0, 0.05) is 12.1 Å². The lowest BCUT2D eigenvalue weighted by Gasteiger charge is -2.42. The monoisotopic (exact) mass is 495 g/mol. The van der Waals surface area contributed by atoms with Crippen molar-refractivity contribution in [2.45, 2.75) is 51.2 Å². The average Bonchev–Trinajstić information content (AvgIpc) is 3.20. The van der Waals surface area contributed by atoms with Crippen LogP contribution in [0.4, 0.5) is 0 Å². The van der Waals surface area contributed by atoms with Crippen LogP contribution in [0.2, 0.25) is 0 Å². The smallest absolute Gasteiger partial charge is 0.165 e. The fourth-order valence-corrected chi connectivity index (χ4v) is 5.65. The first-order valence-corrected chi connectivity index (χ1v) is 12.5. The molecule has 196 valence electrons. The summed E-state index contributed by atoms with van der Waals surface area (Å²) in [7, 11) is 3.35. The summed E-state index contributed by atoms with van der Waals surface area (Å²) in [6.45, 7) is 7.80. The number of methoxy groups -OCH3 is 2. The highest BCUT2D eigenvalue weighted by Gasteiger charge is 2.47. The van der Waals surface area contributed by atoms with Crippen LogP contribution in [0, 0.1) is 16.5 Å². The Morgan fingerprint density at radius 2 is 1.75 bits per heavy atom. The zero-order chi connectivity index (χ0) is 26.2. The van der Waals surface area contributed by atoms with E-state index in [9.17, 15) is 0 Å². The van der Waals surface area contributed by atoms with Crippen molar-refractivity contribution >= 4 is 5.84 Å². The Hall–Kier alpha value is -2.97. The van der Waals surface area contributed by atoms with Gasteiger partial charge in [-0.15, -0.1) is 0 Å². The van der Waals surface area contributed by atoms with Gasteiger partial charge in [0.05, 0.1) is 32.5 Å². The van der Waals surface area contributed by atoms with E-state index in [1.165, 1.54) is 5.56 Å². The number of para-hydroxylation sites is 1. The van der Waals surface area contributed by atoms with E-state index in [-0.39, 0.29) is 17.1 Å². The van der Waals surface area contributed by atoms with E-state index in [1.807, 2.05) is 18.2 Å². The second-order valence-corrected chi connectivity index (χ2v) is 10.3. The lowest BCUT2D eigenvalue weighted by molar-refractivity contribution is 0.0234. The van der Waals surface area contributed by atoms with Crippen LogP contribution in [0.1, 0.15) is 50.3 Å². The Morgan fingerprint density at radius 3 is 2.33 bits per heavy atom. The first kappa shape index (κ1) is 27.6. The largest absolute Gasteiger partial charge is 0.493 e. The third kappa shape index (κ3) is 6.42. The number of hydrogen-bond donors (Lipinski definition) is 3. The van der Waals surface area contributed by atoms with Crippen LogP contribution < -0.4 is 15.2 Å². The number of ether oxygens (including phenoxy) is 3. The van der Waals surface area contributed by atoms with Gasteiger partial charge in [0.15, 0.2) is 11.5 Å². The van der Waals surface area contributed by atoms with Gasteiger partial charge < -0.3 is 19.9 Å². The van der Waals surface area contributed by atoms with Gasteiger partial charge in [0.2, 0.25) is 0 Å². The number of likely N-dealkylation sites (tertiary alicyclic amines) is 1. The van der Waals surface area contributed by atoms with E-state index in [0.717, 1.165) is 56.7 Å². The molecule has 8 heteroatoms. The lowest BCUT2D eigenvalue weighted by atomic mass is 9.74. The summed E-state index contributed by atoms with van der Waals surface area (Å²) in [5.41, 5.74) is 19.2. The summed E-state index contributed by atoms with van der Waals surface area (Å²) in [6, 6.07) is 16.3. The number of benzene rings is 2. The number of hydrogen-bond acceptors (Lipinski definition) is 7. The first-order valence-electron chi connectivity index (χ1n) is 12.5. The molecule has 0 aromatic heterocycles. The molecule has 2 heterocycles. The SMILES string of the molecule is COc1cccc(C(C(N)=NCCc2ccccc2)N2CCC3(CC2)COC(C)(C)C3)c1OC.N=N. The molecule has 1 spiro atoms. The minimum atomic E-state index is -0.159. The van der Waals surface area contributed by atoms with Crippen LogP contribution in [0.15, 0.2) is 53.5 Å². The molecule has 1 atom stereocenters. The topological polar surface area (TPSA) is 117 Å². The molecule has 0 saturated carbocycles. The van der Waals surface area contributed by atoms with Gasteiger partial charge >= 0.3 is 0 Å². The Labute approximate surface area is 215 Å². The second kappa shape index (κ2) is 12.3. The standard InChI is InChI=1S/C28H39N3O3.H2N2/c1-27(2)19-28(20-34-27)14-17-31(18-15-28)24(22-11-8-12-23(32-3)25(22)33-4)26(29)30-16-13-21-9-6-5-7-10-21;1-2/h5-12,24H,13-20H2,1-4H3,(H2,29,30);1-2H. The van der Waals surface area contributed by atoms with Crippen molar-refractivity contribution in [1.82, 2.24) is 4.90 Å². The van der Waals surface area contributed by atoms with Crippen LogP contribution in [0.5, 0.6) is 11.5 Å². The van der Waals surface area contributed by atoms with E-state index in [2.05, 4.69) is 49.1 Å². The fourth-order valence-electron chi connectivity index (χ4n) is 5.65. The third-order valence-electron chi connectivity index (χ3n) is 7.34. The van der Waals surface area contributed by atoms with Crippen molar-refractivity contribution in [1.29, 1.82) is 11.1 Å². The molecule has 2 aliphatic rings. The molecule has 0 bridgehead atoms. The first-order chi connectivity index (χ1) is 17.4. The van der Waals surface area contributed by atoms with Crippen LogP contribution in [0.3, 0.4) is 0 Å². The van der Waals surface area contributed by atoms with Gasteiger partial charge in [-0.1, -0.05) is 42.5 Å². The summed E-state index contributed by atoms with van der Waals surface area (Å²) in [5.74, 6) is 2.06. The highest BCUT2D eigenvalue weighted by molar-refractivity contribution is 5.88. The van der Waals surface area contributed by atoms with E-state index in [1.54, 1.807) is 14.2 Å². The molecule has 0 radical (unpaired) electrons. The van der Waals surface area contributed by atoms with Crippen molar-refractivity contribution in [3.63, 3.8) is 0 Å². The van der Waals surface area contributed by atoms with E-state index < -0.39 is 0 Å². The maximum atomic E-state index is 6.74. The minimum Gasteiger partial charge on any atom is -0.493 e. The van der Waals surface area contributed by atoms with Crippen LogP contribution in [-0.4, -0.2) is 56.8 Å². The van der Waals surface area contributed by atoms with Gasteiger partial charge in [0.25, 0.3) is 0 Å². The molecular formula is C28H41N5O3. The fraction of sp³-hybridized carbons (Fsp3) is 0.536. The molecule has 2 aromatic rings. The number of rotatable bonds is 8. The number of amidine groups is 1. The molecule has 4 N–H and O–H groups in total. The molecular weight excluding hydrogens is 454 g/mol. The summed E-state index contributed by atoms with van der Waals surface area (Å²) < 4.78 is 17.5. The summed E-state index contributed by atoms with van der Waals surface area (Å²) >= 11 is 0. The van der Waals surface area contributed by atoms with E-state index in [0.29, 0.717) is 18.1 Å². The molecule has 8 nitrogen and oxygen atoms in total. The predicted octanol–water partition coefficient (Wildman–Crippen LogP) is 5.22. The average molecular weight is 496 g/mol. The molecule has 2 fully saturated rings. The molecule has 36 heavy (non-hydrogen) atoms. The van der Waals surface area contributed by atoms with Crippen molar-refractivity contribution in [2.24, 2.45) is 16.1 Å². The number of nitrogens with one attached hydrogen (secondary N) is 2. The van der Waals surface area contributed by atoms with Gasteiger partial charge in [-0.3, -0.25) is 9.89 Å². The quantitative estimate of drug-likeness (QED) is 0.264. The predicted molar refractivity (Wildman–Crippen MR) is 142 cm³/mol. The number of nitrogens with zero attached hydrogens (tertiary/aromatic N) is 2. The zero-order valence-electron chi connectivity index (χ0n) is 22.0. The number of nitrogens with two attached hydrogens (primary N) is 1. The normalized spacial score (nSPS) is 19.8. The van der Waals surface area contributed by atoms with Crippen LogP contribution in [-0.2, 0) is 11.2 Å². The Morgan fingerprint density at radius 1 is 1.06 bits per heavy atom. The molecule has 1 unspecified atom stereocenters. The van der Waals surface area contributed by atoms with Crippen LogP contribution in [0.25, 0.3) is 0 Å².